The summed E-state index contributed by atoms with van der Waals surface area (Å²) >= 11 is 3.87. The van der Waals surface area contributed by atoms with Crippen LogP contribution in [-0.2, 0) is 5.41 Å². The lowest BCUT2D eigenvalue weighted by atomic mass is 9.87. The Labute approximate surface area is 335 Å². The second-order valence-electron chi connectivity index (χ2n) is 15.6. The van der Waals surface area contributed by atoms with Crippen LogP contribution in [-0.4, -0.2) is 9.13 Å². The molecular formula is C52H40BrN3. The fraction of sp³-hybridized carbons (Fsp3) is 0.0769. The Morgan fingerprint density at radius 2 is 0.857 bits per heavy atom. The molecular weight excluding hydrogens is 746 g/mol. The lowest BCUT2D eigenvalue weighted by molar-refractivity contribution is 0.590. The molecule has 2 aromatic heterocycles. The van der Waals surface area contributed by atoms with Gasteiger partial charge in [-0.1, -0.05) is 164 Å². The number of halogens is 1. The molecule has 0 aliphatic heterocycles. The Morgan fingerprint density at radius 3 is 1.36 bits per heavy atom. The molecule has 0 bridgehead atoms. The van der Waals surface area contributed by atoms with Gasteiger partial charge in [0.05, 0.1) is 27.8 Å². The van der Waals surface area contributed by atoms with Crippen LogP contribution in [0, 0.1) is 0 Å². The first-order valence-electron chi connectivity index (χ1n) is 19.2. The molecule has 0 aliphatic rings. The zero-order chi connectivity index (χ0) is 38.0. The number of hydrogen-bond acceptors (Lipinski definition) is 1. The maximum atomic E-state index is 4.06. The summed E-state index contributed by atoms with van der Waals surface area (Å²) in [5.74, 6) is 0. The second kappa shape index (κ2) is 13.4. The highest BCUT2D eigenvalue weighted by Crippen LogP contribution is 2.47. The number of rotatable bonds is 6. The molecule has 0 amide bonds. The normalized spacial score (nSPS) is 11.9. The number of nitrogens with one attached hydrogen (secondary N) is 1. The Hall–Kier alpha value is -6.36. The molecule has 4 heteroatoms. The van der Waals surface area contributed by atoms with E-state index in [9.17, 15) is 0 Å². The van der Waals surface area contributed by atoms with Crippen molar-refractivity contribution >= 4 is 70.9 Å². The van der Waals surface area contributed by atoms with Gasteiger partial charge in [0.1, 0.15) is 0 Å². The fourth-order valence-corrected chi connectivity index (χ4v) is 9.03. The third-order valence-electron chi connectivity index (χ3n) is 11.1. The molecule has 0 atom stereocenters. The fourth-order valence-electron chi connectivity index (χ4n) is 8.54. The Morgan fingerprint density at radius 1 is 0.429 bits per heavy atom. The molecule has 0 radical (unpaired) electrons. The maximum Gasteiger partial charge on any atom is 0.0620 e. The average molecular weight is 787 g/mol. The van der Waals surface area contributed by atoms with Crippen LogP contribution in [0.25, 0.3) is 77.2 Å². The standard InChI is InChI=1S/C52H40BrN3/c1-52(2,3)34-31-35(53)33-36(32-34)54-49-41(45-27-15-25-43-39-21-10-12-29-47(39)55(50(43)45)37-17-6-4-7-18-37)23-14-24-42(49)46-28-16-26-44-40-22-11-13-30-48(40)56(51(44)46)38-19-8-5-9-20-38/h4-33,54H,1-3H3. The van der Waals surface area contributed by atoms with Crippen LogP contribution in [0.1, 0.15) is 26.3 Å². The van der Waals surface area contributed by atoms with Gasteiger partial charge in [0.2, 0.25) is 0 Å². The SMILES string of the molecule is CC(C)(C)c1cc(Br)cc(Nc2c(-c3cccc4c5ccccc5n(-c5ccccc5)c34)cccc2-c2cccc3c4ccccc4n(-c4ccccc4)c23)c1. The Kier molecular flexibility index (Phi) is 8.19. The summed E-state index contributed by atoms with van der Waals surface area (Å²) < 4.78 is 5.91. The molecule has 0 saturated carbocycles. The first-order chi connectivity index (χ1) is 27.3. The summed E-state index contributed by atoms with van der Waals surface area (Å²) in [6.45, 7) is 6.80. The summed E-state index contributed by atoms with van der Waals surface area (Å²) in [6, 6.07) is 66.0. The van der Waals surface area contributed by atoms with Crippen molar-refractivity contribution in [1.29, 1.82) is 0 Å². The third-order valence-corrected chi connectivity index (χ3v) is 11.6. The topological polar surface area (TPSA) is 21.9 Å². The molecule has 1 N–H and O–H groups in total. The van der Waals surface area contributed by atoms with E-state index in [0.29, 0.717) is 0 Å². The highest BCUT2D eigenvalue weighted by molar-refractivity contribution is 9.10. The first kappa shape index (κ1) is 34.2. The van der Waals surface area contributed by atoms with Crippen LogP contribution in [0.15, 0.2) is 186 Å². The Bertz CT molecular complexity index is 2920. The first-order valence-corrected chi connectivity index (χ1v) is 20.0. The number of anilines is 2. The van der Waals surface area contributed by atoms with Gasteiger partial charge in [-0.2, -0.15) is 0 Å². The summed E-state index contributed by atoms with van der Waals surface area (Å²) in [4.78, 5) is 0. The molecule has 0 unspecified atom stereocenters. The maximum absolute atomic E-state index is 4.06. The number of benzene rings is 8. The molecule has 8 aromatic carbocycles. The number of fused-ring (bicyclic) bond motifs is 6. The average Bonchev–Trinajstić information content (AvgIpc) is 3.75. The Balaban J connectivity index is 1.32. The van der Waals surface area contributed by atoms with E-state index in [1.807, 2.05) is 0 Å². The van der Waals surface area contributed by atoms with Crippen molar-refractivity contribution in [2.45, 2.75) is 26.2 Å². The van der Waals surface area contributed by atoms with E-state index in [1.54, 1.807) is 0 Å². The predicted molar refractivity (Wildman–Crippen MR) is 242 cm³/mol. The monoisotopic (exact) mass is 785 g/mol. The minimum absolute atomic E-state index is 0.0347. The van der Waals surface area contributed by atoms with Crippen molar-refractivity contribution in [2.75, 3.05) is 5.32 Å². The van der Waals surface area contributed by atoms with Crippen molar-refractivity contribution in [3.8, 4) is 33.6 Å². The molecule has 56 heavy (non-hydrogen) atoms. The van der Waals surface area contributed by atoms with Crippen molar-refractivity contribution in [3.05, 3.63) is 192 Å². The van der Waals surface area contributed by atoms with Crippen molar-refractivity contribution < 1.29 is 0 Å². The molecule has 10 aromatic rings. The number of hydrogen-bond donors (Lipinski definition) is 1. The highest BCUT2D eigenvalue weighted by atomic mass is 79.9. The summed E-state index contributed by atoms with van der Waals surface area (Å²) in [5.41, 5.74) is 14.9. The van der Waals surface area contributed by atoms with Gasteiger partial charge in [0.15, 0.2) is 0 Å². The number of para-hydroxylation sites is 7. The molecule has 10 rings (SSSR count). The zero-order valence-corrected chi connectivity index (χ0v) is 33.2. The van der Waals surface area contributed by atoms with Crippen LogP contribution in [0.3, 0.4) is 0 Å². The van der Waals surface area contributed by atoms with Crippen LogP contribution < -0.4 is 5.32 Å². The van der Waals surface area contributed by atoms with Gasteiger partial charge in [0.25, 0.3) is 0 Å². The summed E-state index contributed by atoms with van der Waals surface area (Å²) in [7, 11) is 0. The van der Waals surface area contributed by atoms with E-state index in [1.165, 1.54) is 49.2 Å². The minimum atomic E-state index is -0.0347. The van der Waals surface area contributed by atoms with Crippen molar-refractivity contribution in [1.82, 2.24) is 9.13 Å². The van der Waals surface area contributed by atoms with Crippen LogP contribution in [0.2, 0.25) is 0 Å². The summed E-state index contributed by atoms with van der Waals surface area (Å²) in [5, 5.41) is 8.97. The minimum Gasteiger partial charge on any atom is -0.354 e. The van der Waals surface area contributed by atoms with Gasteiger partial charge in [-0.25, -0.2) is 0 Å². The molecule has 0 fully saturated rings. The van der Waals surface area contributed by atoms with E-state index < -0.39 is 0 Å². The molecule has 0 spiro atoms. The van der Waals surface area contributed by atoms with E-state index in [-0.39, 0.29) is 5.41 Å². The van der Waals surface area contributed by atoms with E-state index in [2.05, 4.69) is 233 Å². The quantitative estimate of drug-likeness (QED) is 0.178. The molecule has 0 saturated heterocycles. The largest absolute Gasteiger partial charge is 0.354 e. The molecule has 2 heterocycles. The van der Waals surface area contributed by atoms with Gasteiger partial charge in [-0.15, -0.1) is 0 Å². The molecule has 0 aliphatic carbocycles. The molecule has 270 valence electrons. The lowest BCUT2D eigenvalue weighted by Crippen LogP contribution is -2.11. The van der Waals surface area contributed by atoms with Gasteiger partial charge in [0, 0.05) is 65.3 Å². The van der Waals surface area contributed by atoms with Gasteiger partial charge < -0.3 is 14.5 Å². The van der Waals surface area contributed by atoms with Crippen molar-refractivity contribution in [2.24, 2.45) is 0 Å². The number of nitrogens with zero attached hydrogens (tertiary/aromatic N) is 2. The summed E-state index contributed by atoms with van der Waals surface area (Å²) in [6.07, 6.45) is 0. The second-order valence-corrected chi connectivity index (χ2v) is 16.5. The smallest absolute Gasteiger partial charge is 0.0620 e. The van der Waals surface area contributed by atoms with E-state index in [0.717, 1.165) is 49.5 Å². The van der Waals surface area contributed by atoms with Crippen LogP contribution in [0.5, 0.6) is 0 Å². The van der Waals surface area contributed by atoms with E-state index in [4.69, 9.17) is 0 Å². The predicted octanol–water partition coefficient (Wildman–Crippen LogP) is 15.0. The van der Waals surface area contributed by atoms with Gasteiger partial charge >= 0.3 is 0 Å². The molecule has 3 nitrogen and oxygen atoms in total. The third kappa shape index (κ3) is 5.63. The van der Waals surface area contributed by atoms with Gasteiger partial charge in [-0.05, 0) is 65.6 Å². The number of aromatic nitrogens is 2. The van der Waals surface area contributed by atoms with Crippen molar-refractivity contribution in [3.63, 3.8) is 0 Å². The lowest BCUT2D eigenvalue weighted by Gasteiger charge is -2.23. The highest BCUT2D eigenvalue weighted by Gasteiger charge is 2.23. The van der Waals surface area contributed by atoms with Crippen LogP contribution >= 0.6 is 15.9 Å². The van der Waals surface area contributed by atoms with E-state index >= 15 is 0 Å². The zero-order valence-electron chi connectivity index (χ0n) is 31.6. The van der Waals surface area contributed by atoms with Gasteiger partial charge in [-0.3, -0.25) is 0 Å². The van der Waals surface area contributed by atoms with Crippen LogP contribution in [0.4, 0.5) is 11.4 Å².